The van der Waals surface area contributed by atoms with E-state index in [0.29, 0.717) is 9.21 Å². The van der Waals surface area contributed by atoms with Gasteiger partial charge >= 0.3 is 0 Å². The van der Waals surface area contributed by atoms with Crippen LogP contribution in [0.15, 0.2) is 22.5 Å². The van der Waals surface area contributed by atoms with E-state index >= 15 is 0 Å². The van der Waals surface area contributed by atoms with E-state index in [0.717, 1.165) is 17.6 Å². The molecule has 6 heteroatoms. The molecular formula is C6H3ClN3OS-. The topological polar surface area (TPSA) is 64.1 Å². The Morgan fingerprint density at radius 2 is 2.42 bits per heavy atom. The summed E-state index contributed by atoms with van der Waals surface area (Å²) in [6.07, 6.45) is 0.919. The van der Waals surface area contributed by atoms with Crippen LogP contribution >= 0.6 is 22.9 Å². The smallest absolute Gasteiger partial charge is 0.193 e. The molecule has 0 radical (unpaired) electrons. The number of ketones is 1. The SMILES string of the molecule is [N-]=NN=CC(=O)c1ccc(Cl)s1. The largest absolute Gasteiger partial charge is 0.362 e. The zero-order valence-electron chi connectivity index (χ0n) is 5.77. The molecule has 0 aliphatic carbocycles. The van der Waals surface area contributed by atoms with Gasteiger partial charge in [0.25, 0.3) is 0 Å². The minimum Gasteiger partial charge on any atom is -0.362 e. The van der Waals surface area contributed by atoms with Crippen molar-refractivity contribution in [1.82, 2.24) is 0 Å². The Labute approximate surface area is 77.4 Å². The standard InChI is InChI=1S/C6H3ClN3OS/c7-6-2-1-5(12-6)4(11)3-9-10-8/h1-3H/q-1. The maximum Gasteiger partial charge on any atom is 0.193 e. The summed E-state index contributed by atoms with van der Waals surface area (Å²) in [5.41, 5.74) is 7.92. The number of nitrogens with zero attached hydrogens (tertiary/aromatic N) is 3. The number of carbonyl (C=O) groups excluding carboxylic acids is 1. The number of rotatable bonds is 3. The summed E-state index contributed by atoms with van der Waals surface area (Å²) < 4.78 is 0.535. The number of Topliss-reactive ketones (excluding diaryl/α,β-unsaturated/α-hetero) is 1. The maximum atomic E-state index is 11.0. The van der Waals surface area contributed by atoms with Crippen LogP contribution in [0.1, 0.15) is 9.67 Å². The Morgan fingerprint density at radius 3 is 2.92 bits per heavy atom. The average molecular weight is 201 g/mol. The van der Waals surface area contributed by atoms with Crippen LogP contribution in [-0.4, -0.2) is 12.0 Å². The molecule has 1 aromatic rings. The van der Waals surface area contributed by atoms with Crippen LogP contribution in [0.2, 0.25) is 4.34 Å². The summed E-state index contributed by atoms with van der Waals surface area (Å²) in [6, 6.07) is 3.20. The van der Waals surface area contributed by atoms with E-state index in [9.17, 15) is 4.79 Å². The molecule has 1 heterocycles. The highest BCUT2D eigenvalue weighted by atomic mass is 35.5. The molecule has 0 N–H and O–H groups in total. The lowest BCUT2D eigenvalue weighted by Crippen LogP contribution is -1.95. The van der Waals surface area contributed by atoms with Crippen molar-refractivity contribution in [3.63, 3.8) is 0 Å². The lowest BCUT2D eigenvalue weighted by Gasteiger charge is -1.88. The van der Waals surface area contributed by atoms with Gasteiger partial charge in [-0.05, 0) is 18.3 Å². The quantitative estimate of drug-likeness (QED) is 0.320. The highest BCUT2D eigenvalue weighted by Gasteiger charge is 2.02. The predicted molar refractivity (Wildman–Crippen MR) is 47.9 cm³/mol. The molecule has 0 saturated carbocycles. The fourth-order valence-electron chi connectivity index (χ4n) is 0.589. The first kappa shape index (κ1) is 9.02. The van der Waals surface area contributed by atoms with Gasteiger partial charge in [-0.2, -0.15) is 0 Å². The van der Waals surface area contributed by atoms with E-state index in [1.807, 2.05) is 0 Å². The lowest BCUT2D eigenvalue weighted by molar-refractivity contribution is 0.107. The third-order valence-electron chi connectivity index (χ3n) is 1.04. The van der Waals surface area contributed by atoms with E-state index in [4.69, 9.17) is 17.1 Å². The molecule has 0 aliphatic heterocycles. The fourth-order valence-corrected chi connectivity index (χ4v) is 1.54. The summed E-state index contributed by atoms with van der Waals surface area (Å²) in [6.45, 7) is 0. The molecule has 0 unspecified atom stereocenters. The van der Waals surface area contributed by atoms with E-state index in [1.165, 1.54) is 0 Å². The number of hydrogen-bond donors (Lipinski definition) is 0. The number of thiophene rings is 1. The van der Waals surface area contributed by atoms with Crippen molar-refractivity contribution in [3.8, 4) is 0 Å². The predicted octanol–water partition coefficient (Wildman–Crippen LogP) is 2.59. The van der Waals surface area contributed by atoms with E-state index < -0.39 is 0 Å². The van der Waals surface area contributed by atoms with Gasteiger partial charge in [0.2, 0.25) is 0 Å². The van der Waals surface area contributed by atoms with Crippen molar-refractivity contribution in [2.75, 3.05) is 0 Å². The van der Waals surface area contributed by atoms with Gasteiger partial charge in [-0.25, -0.2) is 0 Å². The van der Waals surface area contributed by atoms with Gasteiger partial charge in [0.05, 0.1) is 9.21 Å². The van der Waals surface area contributed by atoms with E-state index in [1.54, 1.807) is 12.1 Å². The Hall–Kier alpha value is -1.07. The van der Waals surface area contributed by atoms with Crippen LogP contribution in [0.3, 0.4) is 0 Å². The van der Waals surface area contributed by atoms with Crippen molar-refractivity contribution in [3.05, 3.63) is 26.9 Å². The van der Waals surface area contributed by atoms with Crippen molar-refractivity contribution in [1.29, 1.82) is 0 Å². The minimum absolute atomic E-state index is 0.329. The van der Waals surface area contributed by atoms with E-state index in [2.05, 4.69) is 10.3 Å². The first-order valence-corrected chi connectivity index (χ1v) is 4.10. The zero-order chi connectivity index (χ0) is 8.97. The zero-order valence-corrected chi connectivity index (χ0v) is 7.34. The van der Waals surface area contributed by atoms with Crippen molar-refractivity contribution >= 4 is 34.9 Å². The first-order valence-electron chi connectivity index (χ1n) is 2.91. The summed E-state index contributed by atoms with van der Waals surface area (Å²) in [5, 5.41) is 5.46. The fraction of sp³-hybridized carbons (Fsp3) is 0. The van der Waals surface area contributed by atoms with E-state index in [-0.39, 0.29) is 5.78 Å². The average Bonchev–Trinajstić information content (AvgIpc) is 2.47. The summed E-state index contributed by atoms with van der Waals surface area (Å²) in [4.78, 5) is 11.5. The molecular weight excluding hydrogens is 198 g/mol. The molecule has 1 rings (SSSR count). The Balaban J connectivity index is 2.78. The van der Waals surface area contributed by atoms with Gasteiger partial charge in [-0.3, -0.25) is 10.0 Å². The molecule has 4 nitrogen and oxygen atoms in total. The van der Waals surface area contributed by atoms with Crippen LogP contribution in [0.4, 0.5) is 0 Å². The summed E-state index contributed by atoms with van der Waals surface area (Å²) in [5.74, 6) is -0.329. The van der Waals surface area contributed by atoms with Crippen molar-refractivity contribution < 1.29 is 4.79 Å². The number of hydrogen-bond acceptors (Lipinski definition) is 3. The minimum atomic E-state index is -0.329. The maximum absolute atomic E-state index is 11.0. The molecule has 0 aliphatic rings. The molecule has 0 saturated heterocycles. The van der Waals surface area contributed by atoms with Gasteiger partial charge in [0.15, 0.2) is 5.78 Å². The number of carbonyl (C=O) groups is 1. The highest BCUT2D eigenvalue weighted by Crippen LogP contribution is 2.21. The molecule has 0 spiro atoms. The highest BCUT2D eigenvalue weighted by molar-refractivity contribution is 7.18. The molecule has 0 aromatic carbocycles. The monoisotopic (exact) mass is 200 g/mol. The molecule has 0 fully saturated rings. The molecule has 1 aromatic heterocycles. The third kappa shape index (κ3) is 2.21. The molecule has 12 heavy (non-hydrogen) atoms. The molecule has 0 atom stereocenters. The lowest BCUT2D eigenvalue weighted by atomic mass is 10.3. The molecule has 0 amide bonds. The Bertz CT molecular complexity index is 333. The second-order valence-electron chi connectivity index (χ2n) is 1.80. The second-order valence-corrected chi connectivity index (χ2v) is 3.52. The van der Waals surface area contributed by atoms with Crippen LogP contribution in [-0.2, 0) is 0 Å². The van der Waals surface area contributed by atoms with Crippen molar-refractivity contribution in [2.45, 2.75) is 0 Å². The molecule has 0 bridgehead atoms. The summed E-state index contributed by atoms with van der Waals surface area (Å²) >= 11 is 6.74. The molecule has 62 valence electrons. The van der Waals surface area contributed by atoms with Crippen LogP contribution < -0.4 is 0 Å². The second kappa shape index (κ2) is 4.08. The first-order chi connectivity index (χ1) is 5.74. The van der Waals surface area contributed by atoms with Gasteiger partial charge in [-0.15, -0.1) is 11.3 Å². The van der Waals surface area contributed by atoms with Gasteiger partial charge < -0.3 is 10.6 Å². The van der Waals surface area contributed by atoms with Crippen LogP contribution in [0, 0.1) is 0 Å². The Morgan fingerprint density at radius 1 is 1.67 bits per heavy atom. The normalized spacial score (nSPS) is 10.4. The van der Waals surface area contributed by atoms with Crippen LogP contribution in [0.5, 0.6) is 0 Å². The summed E-state index contributed by atoms with van der Waals surface area (Å²) in [7, 11) is 0. The number of halogens is 1. The van der Waals surface area contributed by atoms with Gasteiger partial charge in [-0.1, -0.05) is 11.6 Å². The Kier molecular flexibility index (Phi) is 3.07. The van der Waals surface area contributed by atoms with Crippen LogP contribution in [0.25, 0.3) is 5.53 Å². The van der Waals surface area contributed by atoms with Gasteiger partial charge in [0, 0.05) is 0 Å². The van der Waals surface area contributed by atoms with Gasteiger partial charge in [0.1, 0.15) is 0 Å². The van der Waals surface area contributed by atoms with Crippen molar-refractivity contribution in [2.24, 2.45) is 10.3 Å². The third-order valence-corrected chi connectivity index (χ3v) is 2.29.